The Balaban J connectivity index is 1.83. The highest BCUT2D eigenvalue weighted by Crippen LogP contribution is 2.23. The topological polar surface area (TPSA) is 94.7 Å². The number of hydrogen-bond donors (Lipinski definition) is 1. The van der Waals surface area contributed by atoms with E-state index in [1.165, 1.54) is 0 Å². The van der Waals surface area contributed by atoms with Crippen LogP contribution in [-0.2, 0) is 23.8 Å². The van der Waals surface area contributed by atoms with E-state index in [4.69, 9.17) is 11.6 Å². The van der Waals surface area contributed by atoms with Gasteiger partial charge in [-0.15, -0.1) is 5.10 Å². The number of nitrogens with zero attached hydrogens (tertiary/aromatic N) is 5. The molecular weight excluding hydrogens is 356 g/mol. The molecule has 3 rings (SSSR count). The third-order valence-electron chi connectivity index (χ3n) is 3.91. The van der Waals surface area contributed by atoms with Crippen molar-refractivity contribution < 1.29 is 4.79 Å². The minimum absolute atomic E-state index is 0.138. The molecule has 2 aromatic heterocycles. The lowest BCUT2D eigenvalue weighted by atomic mass is 9.92. The number of aryl methyl sites for hydroxylation is 1. The van der Waals surface area contributed by atoms with Gasteiger partial charge in [-0.1, -0.05) is 43.7 Å². The lowest BCUT2D eigenvalue weighted by Gasteiger charge is -2.13. The van der Waals surface area contributed by atoms with Crippen LogP contribution in [0.1, 0.15) is 26.5 Å². The SMILES string of the molecule is Cn1nc(C(C)(C)C)cc1NC(=O)Cn1nnc2c(Cl)cccc2c1=O. The molecule has 0 aliphatic carbocycles. The molecule has 0 unspecified atom stereocenters. The molecule has 0 radical (unpaired) electrons. The number of amides is 1. The zero-order valence-electron chi connectivity index (χ0n) is 14.9. The van der Waals surface area contributed by atoms with Crippen molar-refractivity contribution in [3.8, 4) is 0 Å². The van der Waals surface area contributed by atoms with Gasteiger partial charge in [-0.25, -0.2) is 4.68 Å². The number of nitrogens with one attached hydrogen (secondary N) is 1. The van der Waals surface area contributed by atoms with E-state index < -0.39 is 11.5 Å². The summed E-state index contributed by atoms with van der Waals surface area (Å²) in [7, 11) is 1.74. The largest absolute Gasteiger partial charge is 0.309 e. The smallest absolute Gasteiger partial charge is 0.278 e. The van der Waals surface area contributed by atoms with E-state index in [0.717, 1.165) is 10.4 Å². The van der Waals surface area contributed by atoms with Crippen molar-refractivity contribution >= 4 is 34.2 Å². The molecule has 0 bridgehead atoms. The van der Waals surface area contributed by atoms with Gasteiger partial charge in [-0.3, -0.25) is 14.3 Å². The van der Waals surface area contributed by atoms with Crippen LogP contribution in [0, 0.1) is 0 Å². The second-order valence-electron chi connectivity index (χ2n) is 7.02. The number of halogens is 1. The lowest BCUT2D eigenvalue weighted by Crippen LogP contribution is -2.30. The highest BCUT2D eigenvalue weighted by molar-refractivity contribution is 6.34. The van der Waals surface area contributed by atoms with Crippen LogP contribution in [0.15, 0.2) is 29.1 Å². The summed E-state index contributed by atoms with van der Waals surface area (Å²) in [6.45, 7) is 5.85. The first-order chi connectivity index (χ1) is 12.2. The predicted octanol–water partition coefficient (Wildman–Crippen LogP) is 2.11. The third kappa shape index (κ3) is 3.45. The predicted molar refractivity (Wildman–Crippen MR) is 99.3 cm³/mol. The van der Waals surface area contributed by atoms with Crippen LogP contribution in [0.3, 0.4) is 0 Å². The third-order valence-corrected chi connectivity index (χ3v) is 4.22. The molecule has 0 aliphatic heterocycles. The van der Waals surface area contributed by atoms with Gasteiger partial charge in [0, 0.05) is 18.5 Å². The standard InChI is InChI=1S/C17H19ClN6O2/c1-17(2,3)12-8-13(23(4)21-12)19-14(25)9-24-16(26)10-6-5-7-11(18)15(10)20-22-24/h5-8H,9H2,1-4H3,(H,19,25). The van der Waals surface area contributed by atoms with E-state index in [1.807, 2.05) is 26.8 Å². The van der Waals surface area contributed by atoms with Gasteiger partial charge in [0.2, 0.25) is 5.91 Å². The van der Waals surface area contributed by atoms with Gasteiger partial charge in [-0.2, -0.15) is 5.10 Å². The summed E-state index contributed by atoms with van der Waals surface area (Å²) in [5.74, 6) is 0.149. The number of fused-ring (bicyclic) bond motifs is 1. The van der Waals surface area contributed by atoms with E-state index in [1.54, 1.807) is 29.9 Å². The van der Waals surface area contributed by atoms with Gasteiger partial charge in [0.05, 0.1) is 16.1 Å². The molecule has 136 valence electrons. The van der Waals surface area contributed by atoms with Crippen molar-refractivity contribution in [1.82, 2.24) is 24.8 Å². The number of hydrogen-bond acceptors (Lipinski definition) is 5. The Kier molecular flexibility index (Phi) is 4.53. The minimum Gasteiger partial charge on any atom is -0.309 e. The van der Waals surface area contributed by atoms with Gasteiger partial charge in [0.15, 0.2) is 0 Å². The van der Waals surface area contributed by atoms with Crippen LogP contribution < -0.4 is 10.9 Å². The molecule has 0 spiro atoms. The molecule has 1 amide bonds. The van der Waals surface area contributed by atoms with E-state index >= 15 is 0 Å². The normalized spacial score (nSPS) is 11.7. The molecule has 1 aromatic carbocycles. The van der Waals surface area contributed by atoms with Crippen LogP contribution in [0.5, 0.6) is 0 Å². The maximum Gasteiger partial charge on any atom is 0.278 e. The summed E-state index contributed by atoms with van der Waals surface area (Å²) in [5.41, 5.74) is 0.610. The van der Waals surface area contributed by atoms with Crippen LogP contribution in [0.2, 0.25) is 5.02 Å². The zero-order chi connectivity index (χ0) is 19.1. The average molecular weight is 375 g/mol. The fourth-order valence-electron chi connectivity index (χ4n) is 2.44. The molecule has 1 N–H and O–H groups in total. The quantitative estimate of drug-likeness (QED) is 0.757. The van der Waals surface area contributed by atoms with E-state index in [0.29, 0.717) is 21.7 Å². The van der Waals surface area contributed by atoms with Gasteiger partial charge in [0.1, 0.15) is 17.9 Å². The molecular formula is C17H19ClN6O2. The first-order valence-corrected chi connectivity index (χ1v) is 8.41. The van der Waals surface area contributed by atoms with Crippen molar-refractivity contribution in [3.05, 3.63) is 45.3 Å². The lowest BCUT2D eigenvalue weighted by molar-refractivity contribution is -0.117. The first-order valence-electron chi connectivity index (χ1n) is 8.03. The molecule has 0 fully saturated rings. The molecule has 26 heavy (non-hydrogen) atoms. The van der Waals surface area contributed by atoms with E-state index in [9.17, 15) is 9.59 Å². The molecule has 0 atom stereocenters. The van der Waals surface area contributed by atoms with Gasteiger partial charge >= 0.3 is 0 Å². The summed E-state index contributed by atoms with van der Waals surface area (Å²) in [6.07, 6.45) is 0. The van der Waals surface area contributed by atoms with Gasteiger partial charge in [0.25, 0.3) is 5.56 Å². The molecule has 9 heteroatoms. The highest BCUT2D eigenvalue weighted by atomic mass is 35.5. The van der Waals surface area contributed by atoms with E-state index in [2.05, 4.69) is 20.7 Å². The molecule has 8 nitrogen and oxygen atoms in total. The summed E-state index contributed by atoms with van der Waals surface area (Å²) >= 11 is 6.01. The Hall–Kier alpha value is -2.74. The Morgan fingerprint density at radius 2 is 2.04 bits per heavy atom. The monoisotopic (exact) mass is 374 g/mol. The number of aromatic nitrogens is 5. The summed E-state index contributed by atoms with van der Waals surface area (Å²) in [4.78, 5) is 24.8. The Bertz CT molecular complexity index is 1050. The molecule has 0 aliphatic rings. The maximum atomic E-state index is 12.5. The van der Waals surface area contributed by atoms with Crippen LogP contribution in [0.4, 0.5) is 5.82 Å². The minimum atomic E-state index is -0.423. The molecule has 2 heterocycles. The number of benzene rings is 1. The van der Waals surface area contributed by atoms with E-state index in [-0.39, 0.29) is 12.0 Å². The van der Waals surface area contributed by atoms with Crippen molar-refractivity contribution in [2.24, 2.45) is 7.05 Å². The second-order valence-corrected chi connectivity index (χ2v) is 7.43. The fraction of sp³-hybridized carbons (Fsp3) is 0.353. The van der Waals surface area contributed by atoms with Crippen molar-refractivity contribution in [3.63, 3.8) is 0 Å². The summed E-state index contributed by atoms with van der Waals surface area (Å²) in [5, 5.41) is 15.5. The van der Waals surface area contributed by atoms with Gasteiger partial charge < -0.3 is 5.32 Å². The number of anilines is 1. The molecule has 0 saturated heterocycles. The highest BCUT2D eigenvalue weighted by Gasteiger charge is 2.20. The first kappa shape index (κ1) is 18.1. The van der Waals surface area contributed by atoms with Crippen molar-refractivity contribution in [2.75, 3.05) is 5.32 Å². The van der Waals surface area contributed by atoms with Crippen LogP contribution >= 0.6 is 11.6 Å². The van der Waals surface area contributed by atoms with Crippen molar-refractivity contribution in [1.29, 1.82) is 0 Å². The number of carbonyl (C=O) groups excluding carboxylic acids is 1. The average Bonchev–Trinajstić information content (AvgIpc) is 2.92. The Morgan fingerprint density at radius 3 is 2.69 bits per heavy atom. The Morgan fingerprint density at radius 1 is 1.31 bits per heavy atom. The molecule has 3 aromatic rings. The van der Waals surface area contributed by atoms with Crippen molar-refractivity contribution in [2.45, 2.75) is 32.7 Å². The zero-order valence-corrected chi connectivity index (χ0v) is 15.7. The van der Waals surface area contributed by atoms with Crippen LogP contribution in [-0.4, -0.2) is 30.7 Å². The Labute approximate surface area is 154 Å². The number of rotatable bonds is 3. The number of carbonyl (C=O) groups is 1. The second kappa shape index (κ2) is 6.53. The molecule has 0 saturated carbocycles. The fourth-order valence-corrected chi connectivity index (χ4v) is 2.65. The summed E-state index contributed by atoms with van der Waals surface area (Å²) < 4.78 is 2.60. The summed E-state index contributed by atoms with van der Waals surface area (Å²) in [6, 6.07) is 6.70. The van der Waals surface area contributed by atoms with Gasteiger partial charge in [-0.05, 0) is 12.1 Å². The van der Waals surface area contributed by atoms with Crippen LogP contribution in [0.25, 0.3) is 10.9 Å². The maximum absolute atomic E-state index is 12.5.